The molecule has 1 aromatic rings. The van der Waals surface area contributed by atoms with Gasteiger partial charge in [0, 0.05) is 12.1 Å². The van der Waals surface area contributed by atoms with Gasteiger partial charge in [-0.25, -0.2) is 0 Å². The molecule has 0 saturated carbocycles. The standard InChI is InChI=1S/C12H16F3NO/c1-2-3-6-17-11-5-4-10(12(13,14)15)7-9(11)8-16/h4-5,7H,2-3,6,8,16H2,1H3. The van der Waals surface area contributed by atoms with E-state index in [1.807, 2.05) is 6.92 Å². The van der Waals surface area contributed by atoms with Crippen molar-refractivity contribution < 1.29 is 17.9 Å². The Balaban J connectivity index is 2.86. The van der Waals surface area contributed by atoms with Gasteiger partial charge in [0.25, 0.3) is 0 Å². The van der Waals surface area contributed by atoms with Crippen LogP contribution in [0.4, 0.5) is 13.2 Å². The Labute approximate surface area is 98.6 Å². The number of hydrogen-bond acceptors (Lipinski definition) is 2. The maximum absolute atomic E-state index is 12.5. The van der Waals surface area contributed by atoms with Gasteiger partial charge in [0.1, 0.15) is 5.75 Å². The van der Waals surface area contributed by atoms with E-state index >= 15 is 0 Å². The molecule has 5 heteroatoms. The Kier molecular flexibility index (Phi) is 4.81. The minimum absolute atomic E-state index is 0.0331. The maximum Gasteiger partial charge on any atom is 0.416 e. The summed E-state index contributed by atoms with van der Waals surface area (Å²) < 4.78 is 42.8. The fourth-order valence-corrected chi connectivity index (χ4v) is 1.38. The Morgan fingerprint density at radius 1 is 1.29 bits per heavy atom. The second-order valence-corrected chi connectivity index (χ2v) is 3.73. The second kappa shape index (κ2) is 5.91. The summed E-state index contributed by atoms with van der Waals surface area (Å²) in [5.74, 6) is 0.439. The Hall–Kier alpha value is -1.23. The van der Waals surface area contributed by atoms with Crippen molar-refractivity contribution in [3.8, 4) is 5.75 Å². The van der Waals surface area contributed by atoms with Crippen LogP contribution in [0, 0.1) is 0 Å². The first-order chi connectivity index (χ1) is 7.99. The van der Waals surface area contributed by atoms with Crippen LogP contribution in [-0.4, -0.2) is 6.61 Å². The molecule has 0 aliphatic carbocycles. The second-order valence-electron chi connectivity index (χ2n) is 3.73. The van der Waals surface area contributed by atoms with Crippen LogP contribution in [0.5, 0.6) is 5.75 Å². The first kappa shape index (κ1) is 13.8. The molecule has 1 aromatic carbocycles. The van der Waals surface area contributed by atoms with Gasteiger partial charge >= 0.3 is 6.18 Å². The average molecular weight is 247 g/mol. The molecule has 0 unspecified atom stereocenters. The van der Waals surface area contributed by atoms with E-state index in [4.69, 9.17) is 10.5 Å². The van der Waals surface area contributed by atoms with Crippen molar-refractivity contribution in [1.29, 1.82) is 0 Å². The number of halogens is 3. The quantitative estimate of drug-likeness (QED) is 0.810. The summed E-state index contributed by atoms with van der Waals surface area (Å²) in [5, 5.41) is 0. The molecule has 0 saturated heterocycles. The van der Waals surface area contributed by atoms with Crippen molar-refractivity contribution in [2.24, 2.45) is 5.73 Å². The molecule has 0 atom stereocenters. The van der Waals surface area contributed by atoms with Gasteiger partial charge in [-0.1, -0.05) is 13.3 Å². The van der Waals surface area contributed by atoms with E-state index in [0.717, 1.165) is 25.0 Å². The van der Waals surface area contributed by atoms with Crippen molar-refractivity contribution in [3.63, 3.8) is 0 Å². The number of hydrogen-bond donors (Lipinski definition) is 1. The zero-order valence-corrected chi connectivity index (χ0v) is 9.68. The molecule has 96 valence electrons. The van der Waals surface area contributed by atoms with Crippen LogP contribution in [0.2, 0.25) is 0 Å². The van der Waals surface area contributed by atoms with Gasteiger partial charge in [-0.2, -0.15) is 13.2 Å². The fraction of sp³-hybridized carbons (Fsp3) is 0.500. The Bertz CT molecular complexity index is 363. The third-order valence-electron chi connectivity index (χ3n) is 2.36. The van der Waals surface area contributed by atoms with Crippen LogP contribution in [0.1, 0.15) is 30.9 Å². The molecule has 0 fully saturated rings. The summed E-state index contributed by atoms with van der Waals surface area (Å²) in [6, 6.07) is 3.39. The smallest absolute Gasteiger partial charge is 0.416 e. The number of rotatable bonds is 5. The summed E-state index contributed by atoms with van der Waals surface area (Å²) in [7, 11) is 0. The lowest BCUT2D eigenvalue weighted by Crippen LogP contribution is -2.09. The predicted octanol–water partition coefficient (Wildman–Crippen LogP) is 3.34. The molecule has 0 aromatic heterocycles. The minimum atomic E-state index is -4.34. The highest BCUT2D eigenvalue weighted by atomic mass is 19.4. The first-order valence-electron chi connectivity index (χ1n) is 5.52. The van der Waals surface area contributed by atoms with Gasteiger partial charge in [0.2, 0.25) is 0 Å². The molecule has 0 radical (unpaired) electrons. The molecule has 0 aliphatic rings. The van der Waals surface area contributed by atoms with E-state index in [1.54, 1.807) is 0 Å². The lowest BCUT2D eigenvalue weighted by atomic mass is 10.1. The van der Waals surface area contributed by atoms with E-state index < -0.39 is 11.7 Å². The summed E-state index contributed by atoms with van der Waals surface area (Å²) in [6.45, 7) is 2.54. The van der Waals surface area contributed by atoms with Crippen LogP contribution in [0.15, 0.2) is 18.2 Å². The van der Waals surface area contributed by atoms with E-state index in [9.17, 15) is 13.2 Å². The molecule has 0 amide bonds. The van der Waals surface area contributed by atoms with Gasteiger partial charge in [-0.3, -0.25) is 0 Å². The van der Waals surface area contributed by atoms with Gasteiger partial charge in [0.05, 0.1) is 12.2 Å². The monoisotopic (exact) mass is 247 g/mol. The summed E-state index contributed by atoms with van der Waals surface area (Å²) in [4.78, 5) is 0. The summed E-state index contributed by atoms with van der Waals surface area (Å²) >= 11 is 0. The molecular weight excluding hydrogens is 231 g/mol. The van der Waals surface area contributed by atoms with Gasteiger partial charge in [-0.15, -0.1) is 0 Å². The van der Waals surface area contributed by atoms with Crippen molar-refractivity contribution in [2.75, 3.05) is 6.61 Å². The molecule has 0 spiro atoms. The highest BCUT2D eigenvalue weighted by molar-refractivity contribution is 5.38. The normalized spacial score (nSPS) is 11.6. The Morgan fingerprint density at radius 3 is 2.53 bits per heavy atom. The first-order valence-corrected chi connectivity index (χ1v) is 5.52. The lowest BCUT2D eigenvalue weighted by molar-refractivity contribution is -0.137. The van der Waals surface area contributed by atoms with Crippen LogP contribution in [0.25, 0.3) is 0 Å². The van der Waals surface area contributed by atoms with Gasteiger partial charge < -0.3 is 10.5 Å². The number of ether oxygens (including phenoxy) is 1. The Morgan fingerprint density at radius 2 is 2.00 bits per heavy atom. The molecule has 0 bridgehead atoms. The van der Waals surface area contributed by atoms with Crippen LogP contribution >= 0.6 is 0 Å². The van der Waals surface area contributed by atoms with Crippen molar-refractivity contribution >= 4 is 0 Å². The third-order valence-corrected chi connectivity index (χ3v) is 2.36. The van der Waals surface area contributed by atoms with E-state index in [1.165, 1.54) is 6.07 Å². The number of nitrogens with two attached hydrogens (primary N) is 1. The molecule has 2 N–H and O–H groups in total. The molecule has 0 heterocycles. The minimum Gasteiger partial charge on any atom is -0.493 e. The average Bonchev–Trinajstić information content (AvgIpc) is 2.28. The molecule has 1 rings (SSSR count). The largest absolute Gasteiger partial charge is 0.493 e. The maximum atomic E-state index is 12.5. The highest BCUT2D eigenvalue weighted by Crippen LogP contribution is 2.32. The topological polar surface area (TPSA) is 35.2 Å². The number of unbranched alkanes of at least 4 members (excludes halogenated alkanes) is 1. The summed E-state index contributed by atoms with van der Waals surface area (Å²) in [6.07, 6.45) is -2.50. The van der Waals surface area contributed by atoms with Crippen LogP contribution in [0.3, 0.4) is 0 Å². The molecule has 0 aliphatic heterocycles. The van der Waals surface area contributed by atoms with Crippen molar-refractivity contribution in [3.05, 3.63) is 29.3 Å². The summed E-state index contributed by atoms with van der Waals surface area (Å²) in [5.41, 5.74) is 5.11. The van der Waals surface area contributed by atoms with Crippen molar-refractivity contribution in [2.45, 2.75) is 32.5 Å². The third kappa shape index (κ3) is 3.93. The number of alkyl halides is 3. The van der Waals surface area contributed by atoms with Gasteiger partial charge in [0.15, 0.2) is 0 Å². The molecular formula is C12H16F3NO. The molecule has 17 heavy (non-hydrogen) atoms. The van der Waals surface area contributed by atoms with E-state index in [0.29, 0.717) is 17.9 Å². The highest BCUT2D eigenvalue weighted by Gasteiger charge is 2.30. The van der Waals surface area contributed by atoms with E-state index in [-0.39, 0.29) is 6.54 Å². The predicted molar refractivity (Wildman–Crippen MR) is 59.7 cm³/mol. The number of benzene rings is 1. The molecule has 2 nitrogen and oxygen atoms in total. The van der Waals surface area contributed by atoms with E-state index in [2.05, 4.69) is 0 Å². The van der Waals surface area contributed by atoms with Crippen LogP contribution < -0.4 is 10.5 Å². The van der Waals surface area contributed by atoms with Crippen molar-refractivity contribution in [1.82, 2.24) is 0 Å². The lowest BCUT2D eigenvalue weighted by Gasteiger charge is -2.13. The van der Waals surface area contributed by atoms with Crippen LogP contribution in [-0.2, 0) is 12.7 Å². The SMILES string of the molecule is CCCCOc1ccc(C(F)(F)F)cc1CN. The van der Waals surface area contributed by atoms with Gasteiger partial charge in [-0.05, 0) is 24.6 Å². The zero-order valence-electron chi connectivity index (χ0n) is 9.68. The zero-order chi connectivity index (χ0) is 12.9. The fourth-order valence-electron chi connectivity index (χ4n) is 1.38.